The molecule has 1 aliphatic carbocycles. The van der Waals surface area contributed by atoms with Crippen molar-refractivity contribution in [2.75, 3.05) is 13.2 Å². The molecule has 0 spiro atoms. The molecule has 0 bridgehead atoms. The third kappa shape index (κ3) is 5.76. The number of pyridine rings is 1. The Morgan fingerprint density at radius 2 is 1.97 bits per heavy atom. The minimum absolute atomic E-state index is 0.0124. The van der Waals surface area contributed by atoms with Crippen molar-refractivity contribution in [1.82, 2.24) is 10.3 Å². The number of unbranched alkanes of at least 4 members (excludes halogenated alkanes) is 1. The fraction of sp³-hybridized carbons (Fsp3) is 0.478. The zero-order chi connectivity index (χ0) is 23.5. The highest BCUT2D eigenvalue weighted by Gasteiger charge is 2.40. The summed E-state index contributed by atoms with van der Waals surface area (Å²) < 4.78 is 59.7. The Kier molecular flexibility index (Phi) is 7.07. The predicted molar refractivity (Wildman–Crippen MR) is 111 cm³/mol. The molecule has 0 aliphatic heterocycles. The Labute approximate surface area is 183 Å². The smallest absolute Gasteiger partial charge is 0.416 e. The summed E-state index contributed by atoms with van der Waals surface area (Å²) in [5.74, 6) is -1.41. The molecule has 1 heterocycles. The van der Waals surface area contributed by atoms with Gasteiger partial charge in [-0.3, -0.25) is 4.79 Å². The Hall–Kier alpha value is -2.68. The zero-order valence-electron chi connectivity index (χ0n) is 17.9. The minimum Gasteiger partial charge on any atom is -0.477 e. The van der Waals surface area contributed by atoms with Crippen LogP contribution in [-0.4, -0.2) is 34.8 Å². The van der Waals surface area contributed by atoms with Crippen LogP contribution in [0.1, 0.15) is 55.5 Å². The second-order valence-corrected chi connectivity index (χ2v) is 8.29. The first-order chi connectivity index (χ1) is 15.0. The van der Waals surface area contributed by atoms with E-state index < -0.39 is 29.1 Å². The van der Waals surface area contributed by atoms with E-state index in [0.29, 0.717) is 18.6 Å². The second kappa shape index (κ2) is 9.44. The highest BCUT2D eigenvalue weighted by molar-refractivity contribution is 5.95. The van der Waals surface area contributed by atoms with E-state index >= 15 is 0 Å². The van der Waals surface area contributed by atoms with Gasteiger partial charge >= 0.3 is 6.18 Å². The molecule has 0 unspecified atom stereocenters. The number of hydrogen-bond acceptors (Lipinski definition) is 4. The van der Waals surface area contributed by atoms with E-state index in [-0.39, 0.29) is 41.6 Å². The van der Waals surface area contributed by atoms with Crippen molar-refractivity contribution in [3.63, 3.8) is 0 Å². The van der Waals surface area contributed by atoms with Crippen molar-refractivity contribution < 1.29 is 32.2 Å². The van der Waals surface area contributed by atoms with Crippen LogP contribution in [0.5, 0.6) is 5.88 Å². The number of alkyl halides is 3. The van der Waals surface area contributed by atoms with Gasteiger partial charge in [-0.05, 0) is 56.4 Å². The van der Waals surface area contributed by atoms with E-state index in [1.807, 2.05) is 6.92 Å². The highest BCUT2D eigenvalue weighted by atomic mass is 19.4. The molecule has 1 saturated carbocycles. The number of amides is 1. The van der Waals surface area contributed by atoms with Gasteiger partial charge in [-0.1, -0.05) is 13.3 Å². The van der Waals surface area contributed by atoms with Gasteiger partial charge in [0, 0.05) is 23.9 Å². The van der Waals surface area contributed by atoms with Crippen LogP contribution in [-0.2, 0) is 6.18 Å². The lowest BCUT2D eigenvalue weighted by atomic mass is 10.00. The van der Waals surface area contributed by atoms with Gasteiger partial charge in [0.05, 0.1) is 23.3 Å². The standard InChI is InChI=1S/C23H26F4N2O3/c1-3-4-9-32-21-18(17-11-16(23(25,26)27)7-8-19(17)24)10-14(12-28-21)20(30)29-13-22(2,31)15-5-6-15/h7-8,10-12,15,31H,3-6,9,13H2,1-2H3,(H,29,30)/t22-/m0/s1. The summed E-state index contributed by atoms with van der Waals surface area (Å²) in [5.41, 5.74) is -2.47. The molecule has 1 aliphatic rings. The molecule has 1 atom stereocenters. The van der Waals surface area contributed by atoms with Gasteiger partial charge in [0.25, 0.3) is 5.91 Å². The number of hydrogen-bond donors (Lipinski definition) is 2. The number of nitrogens with zero attached hydrogens (tertiary/aromatic N) is 1. The molecule has 9 heteroatoms. The summed E-state index contributed by atoms with van der Waals surface area (Å²) in [4.78, 5) is 16.7. The average Bonchev–Trinajstić information content (AvgIpc) is 3.58. The van der Waals surface area contributed by atoms with Gasteiger partial charge < -0.3 is 15.2 Å². The summed E-state index contributed by atoms with van der Waals surface area (Å²) in [5, 5.41) is 13.0. The zero-order valence-corrected chi connectivity index (χ0v) is 17.9. The van der Waals surface area contributed by atoms with Gasteiger partial charge in [-0.25, -0.2) is 9.37 Å². The number of halogens is 4. The Morgan fingerprint density at radius 3 is 2.59 bits per heavy atom. The van der Waals surface area contributed by atoms with E-state index in [1.54, 1.807) is 6.92 Å². The molecule has 0 saturated heterocycles. The first-order valence-electron chi connectivity index (χ1n) is 10.5. The minimum atomic E-state index is -4.66. The number of ether oxygens (including phenoxy) is 1. The van der Waals surface area contributed by atoms with Crippen LogP contribution >= 0.6 is 0 Å². The largest absolute Gasteiger partial charge is 0.477 e. The normalized spacial score (nSPS) is 15.8. The van der Waals surface area contributed by atoms with Crippen LogP contribution in [0, 0.1) is 11.7 Å². The summed E-state index contributed by atoms with van der Waals surface area (Å²) in [6.45, 7) is 3.83. The molecule has 1 amide bonds. The van der Waals surface area contributed by atoms with Crippen molar-refractivity contribution in [1.29, 1.82) is 0 Å². The van der Waals surface area contributed by atoms with E-state index in [1.165, 1.54) is 12.3 Å². The summed E-state index contributed by atoms with van der Waals surface area (Å²) >= 11 is 0. The Balaban J connectivity index is 1.94. The van der Waals surface area contributed by atoms with Gasteiger partial charge in [-0.2, -0.15) is 13.2 Å². The maximum absolute atomic E-state index is 14.6. The molecule has 1 aromatic carbocycles. The molecule has 2 N–H and O–H groups in total. The first-order valence-corrected chi connectivity index (χ1v) is 10.5. The molecule has 1 fully saturated rings. The van der Waals surface area contributed by atoms with Crippen LogP contribution in [0.2, 0.25) is 0 Å². The number of aliphatic hydroxyl groups is 1. The molecule has 32 heavy (non-hydrogen) atoms. The van der Waals surface area contributed by atoms with Gasteiger partial charge in [0.2, 0.25) is 5.88 Å². The number of benzene rings is 1. The third-order valence-corrected chi connectivity index (χ3v) is 5.50. The first kappa shape index (κ1) is 24.0. The fourth-order valence-electron chi connectivity index (χ4n) is 3.32. The number of nitrogens with one attached hydrogen (secondary N) is 1. The van der Waals surface area contributed by atoms with E-state index in [9.17, 15) is 27.5 Å². The van der Waals surface area contributed by atoms with Crippen LogP contribution in [0.3, 0.4) is 0 Å². The molecule has 2 aromatic rings. The highest BCUT2D eigenvalue weighted by Crippen LogP contribution is 2.39. The maximum atomic E-state index is 14.6. The maximum Gasteiger partial charge on any atom is 0.416 e. The molecule has 3 rings (SSSR count). The molecular weight excluding hydrogens is 428 g/mol. The van der Waals surface area contributed by atoms with E-state index in [2.05, 4.69) is 10.3 Å². The van der Waals surface area contributed by atoms with Gasteiger partial charge in [0.15, 0.2) is 0 Å². The van der Waals surface area contributed by atoms with Crippen molar-refractivity contribution in [3.05, 3.63) is 47.4 Å². The lowest BCUT2D eigenvalue weighted by molar-refractivity contribution is -0.137. The van der Waals surface area contributed by atoms with E-state index in [0.717, 1.165) is 25.3 Å². The van der Waals surface area contributed by atoms with Crippen LogP contribution in [0.15, 0.2) is 30.5 Å². The lowest BCUT2D eigenvalue weighted by Crippen LogP contribution is -2.42. The quantitative estimate of drug-likeness (QED) is 0.414. The number of carbonyl (C=O) groups excluding carboxylic acids is 1. The van der Waals surface area contributed by atoms with Crippen molar-refractivity contribution in [3.8, 4) is 17.0 Å². The van der Waals surface area contributed by atoms with Gasteiger partial charge in [0.1, 0.15) is 5.82 Å². The Bertz CT molecular complexity index is 972. The molecular formula is C23H26F4N2O3. The van der Waals surface area contributed by atoms with Crippen LogP contribution in [0.4, 0.5) is 17.6 Å². The summed E-state index contributed by atoms with van der Waals surface area (Å²) in [6, 6.07) is 3.32. The SMILES string of the molecule is CCCCOc1ncc(C(=O)NC[C@](C)(O)C2CC2)cc1-c1cc(C(F)(F)F)ccc1F. The summed E-state index contributed by atoms with van der Waals surface area (Å²) in [6.07, 6.45) is -0.195. The third-order valence-electron chi connectivity index (χ3n) is 5.50. The second-order valence-electron chi connectivity index (χ2n) is 8.29. The fourth-order valence-corrected chi connectivity index (χ4v) is 3.32. The molecule has 0 radical (unpaired) electrons. The van der Waals surface area contributed by atoms with Crippen molar-refractivity contribution in [2.45, 2.75) is 51.3 Å². The van der Waals surface area contributed by atoms with Crippen LogP contribution in [0.25, 0.3) is 11.1 Å². The monoisotopic (exact) mass is 454 g/mol. The molecule has 174 valence electrons. The molecule has 1 aromatic heterocycles. The van der Waals surface area contributed by atoms with Crippen molar-refractivity contribution in [2.24, 2.45) is 5.92 Å². The lowest BCUT2D eigenvalue weighted by Gasteiger charge is -2.23. The summed E-state index contributed by atoms with van der Waals surface area (Å²) in [7, 11) is 0. The van der Waals surface area contributed by atoms with Crippen molar-refractivity contribution >= 4 is 5.91 Å². The van der Waals surface area contributed by atoms with E-state index in [4.69, 9.17) is 4.74 Å². The topological polar surface area (TPSA) is 71.5 Å². The average molecular weight is 454 g/mol. The number of aromatic nitrogens is 1. The van der Waals surface area contributed by atoms with Gasteiger partial charge in [-0.15, -0.1) is 0 Å². The predicted octanol–water partition coefficient (Wildman–Crippen LogP) is 4.98. The number of carbonyl (C=O) groups is 1. The van der Waals surface area contributed by atoms with Crippen LogP contribution < -0.4 is 10.1 Å². The number of rotatable bonds is 9. The molecule has 5 nitrogen and oxygen atoms in total. The Morgan fingerprint density at radius 1 is 1.25 bits per heavy atom.